The second-order valence-electron chi connectivity index (χ2n) is 42.2. The first-order valence-electron chi connectivity index (χ1n) is 50.3. The van der Waals surface area contributed by atoms with Gasteiger partial charge in [0, 0.05) is 60.8 Å². The lowest BCUT2D eigenvalue weighted by atomic mass is 9.55. The third-order valence-electron chi connectivity index (χ3n) is 33.1. The van der Waals surface area contributed by atoms with Crippen molar-refractivity contribution in [2.24, 2.45) is 0 Å². The van der Waals surface area contributed by atoms with Gasteiger partial charge < -0.3 is 4.42 Å². The summed E-state index contributed by atoms with van der Waals surface area (Å²) >= 11 is 0. The first-order chi connectivity index (χ1) is 70.4. The van der Waals surface area contributed by atoms with Gasteiger partial charge in [-0.1, -0.05) is 471 Å². The van der Waals surface area contributed by atoms with E-state index in [1.807, 2.05) is 146 Å². The minimum absolute atomic E-state index is 0.0887. The van der Waals surface area contributed by atoms with E-state index in [0.717, 1.165) is 72.0 Å². The second-order valence-corrected chi connectivity index (χ2v) is 42.2. The van der Waals surface area contributed by atoms with Crippen LogP contribution in [-0.2, 0) is 32.5 Å². The van der Waals surface area contributed by atoms with Gasteiger partial charge in [-0.25, -0.2) is 44.9 Å². The molecule has 24 aromatic rings. The van der Waals surface area contributed by atoms with Gasteiger partial charge >= 0.3 is 0 Å². The quantitative estimate of drug-likeness (QED) is 0.122. The number of benzene rings is 20. The summed E-state index contributed by atoms with van der Waals surface area (Å²) in [6.07, 6.45) is 0. The molecule has 10 heteroatoms. The third-order valence-corrected chi connectivity index (χ3v) is 33.1. The molecule has 10 nitrogen and oxygen atoms in total. The maximum absolute atomic E-state index is 6.26. The van der Waals surface area contributed by atoms with Crippen LogP contribution in [0.25, 0.3) is 234 Å². The number of nitrogens with zero attached hydrogens (tertiary/aromatic N) is 9. The Kier molecular flexibility index (Phi) is 21.1. The number of hydrogen-bond acceptors (Lipinski definition) is 10. The molecule has 27 rings (SSSR count). The highest BCUT2D eigenvalue weighted by molar-refractivity contribution is 6.18. The largest absolute Gasteiger partial charge is 0.456 e. The van der Waals surface area contributed by atoms with Crippen LogP contribution in [0.2, 0.25) is 0 Å². The molecule has 0 fully saturated rings. The number of fused-ring (bicyclic) bond motifs is 24. The Morgan fingerprint density at radius 2 is 0.428 bits per heavy atom. The number of para-hydroxylation sites is 1. The van der Waals surface area contributed by atoms with Crippen molar-refractivity contribution in [1.29, 1.82) is 0 Å². The van der Waals surface area contributed by atoms with Crippen LogP contribution in [-0.4, -0.2) is 44.9 Å². The van der Waals surface area contributed by atoms with E-state index < -0.39 is 0 Å². The highest BCUT2D eigenvalue weighted by Gasteiger charge is 2.50. The van der Waals surface area contributed by atoms with E-state index in [9.17, 15) is 0 Å². The number of rotatable bonds is 10. The number of hydrogen-bond donors (Lipinski definition) is 0. The van der Waals surface area contributed by atoms with Crippen molar-refractivity contribution in [3.63, 3.8) is 0 Å². The maximum Gasteiger partial charge on any atom is 0.164 e. The topological polar surface area (TPSA) is 129 Å². The van der Waals surface area contributed by atoms with Crippen LogP contribution in [0.4, 0.5) is 0 Å². The average Bonchev–Trinajstić information content (AvgIpc) is 1.64. The summed E-state index contributed by atoms with van der Waals surface area (Å²) in [4.78, 5) is 45.2. The first-order valence-corrected chi connectivity index (χ1v) is 50.3. The summed E-state index contributed by atoms with van der Waals surface area (Å²) in [6, 6.07) is 148. The Balaban J connectivity index is 0.000000114. The van der Waals surface area contributed by atoms with Gasteiger partial charge in [-0.3, -0.25) is 0 Å². The van der Waals surface area contributed by atoms with E-state index in [1.165, 1.54) is 143 Å². The molecule has 0 saturated carbocycles. The Morgan fingerprint density at radius 1 is 0.152 bits per heavy atom. The van der Waals surface area contributed by atoms with Crippen LogP contribution in [0, 0.1) is 0 Å². The fraction of sp³-hybridized carbons (Fsp3) is 0.133. The van der Waals surface area contributed by atoms with E-state index in [-0.39, 0.29) is 32.5 Å². The molecule has 0 spiro atoms. The summed E-state index contributed by atoms with van der Waals surface area (Å²) in [7, 11) is 0. The third kappa shape index (κ3) is 14.7. The van der Waals surface area contributed by atoms with Crippen LogP contribution in [0.1, 0.15) is 116 Å². The lowest BCUT2D eigenvalue weighted by Gasteiger charge is -2.49. The maximum atomic E-state index is 6.26. The summed E-state index contributed by atoms with van der Waals surface area (Å²) in [5.41, 5.74) is 28.0. The summed E-state index contributed by atoms with van der Waals surface area (Å²) < 4.78 is 6.26. The van der Waals surface area contributed by atoms with E-state index in [0.29, 0.717) is 52.4 Å². The number of aromatic nitrogens is 9. The van der Waals surface area contributed by atoms with Crippen molar-refractivity contribution in [1.82, 2.24) is 44.9 Å². The van der Waals surface area contributed by atoms with E-state index in [4.69, 9.17) is 49.3 Å². The van der Waals surface area contributed by atoms with Crippen molar-refractivity contribution < 1.29 is 4.42 Å². The van der Waals surface area contributed by atoms with E-state index in [1.54, 1.807) is 0 Å². The van der Waals surface area contributed by atoms with Gasteiger partial charge in [0.25, 0.3) is 0 Å². The summed E-state index contributed by atoms with van der Waals surface area (Å²) in [6.45, 7) is 28.7. The van der Waals surface area contributed by atoms with Crippen molar-refractivity contribution in [2.75, 3.05) is 0 Å². The fourth-order valence-electron chi connectivity index (χ4n) is 23.0. The molecule has 0 amide bonds. The van der Waals surface area contributed by atoms with Crippen molar-refractivity contribution in [3.8, 4) is 147 Å². The van der Waals surface area contributed by atoms with Gasteiger partial charge in [-0.2, -0.15) is 0 Å². The second kappa shape index (κ2) is 34.3. The Morgan fingerprint density at radius 3 is 0.855 bits per heavy atom. The Hall–Kier alpha value is -17.2. The molecule has 0 bridgehead atoms. The first kappa shape index (κ1) is 89.2. The average molecular weight is 1870 g/mol. The van der Waals surface area contributed by atoms with Crippen LogP contribution in [0.15, 0.2) is 423 Å². The minimum atomic E-state index is -0.185. The van der Waals surface area contributed by atoms with Crippen LogP contribution in [0.3, 0.4) is 0 Å². The van der Waals surface area contributed by atoms with Crippen molar-refractivity contribution >= 4 is 86.6 Å². The van der Waals surface area contributed by atoms with Crippen molar-refractivity contribution in [3.05, 3.63) is 452 Å². The molecular weight excluding hydrogens is 1760 g/mol. The molecule has 145 heavy (non-hydrogen) atoms. The normalized spacial score (nSPS) is 14.5. The van der Waals surface area contributed by atoms with E-state index in [2.05, 4.69) is 356 Å². The Labute approximate surface area is 844 Å². The molecule has 3 aliphatic rings. The highest BCUT2D eigenvalue weighted by atomic mass is 16.3. The zero-order chi connectivity index (χ0) is 98.6. The SMILES string of the molecule is CC1(C)c2cc(-c3ccc(-c4nc(-c5ccccc5)nc(-c5ccccc5)n4)cc3)ccc2-c2c(ccc3ccc4ccccc4c23)C1(C)C.CC1(C)c2cc(-c3nc(-c4ccccc4)nc(-c4cccc5oc6ccccc6c45)n3)ccc2-c2c(ccc3c2ccc2ccccc23)C1(C)C.CC1(C)c2cc(-c3nc(-c4ccccc4)nc(-c4ccccc4)n3)ccc2-c2c(ccc3c2ccc2ccccc23)C1(C)C. The fourth-order valence-corrected chi connectivity index (χ4v) is 23.0. The summed E-state index contributed by atoms with van der Waals surface area (Å²) in [5, 5.41) is 17.6. The van der Waals surface area contributed by atoms with Gasteiger partial charge in [-0.15, -0.1) is 0 Å². The van der Waals surface area contributed by atoms with Gasteiger partial charge in [0.1, 0.15) is 11.2 Å². The van der Waals surface area contributed by atoms with Gasteiger partial charge in [0.2, 0.25) is 0 Å². The molecule has 0 N–H and O–H groups in total. The molecule has 20 aromatic carbocycles. The van der Waals surface area contributed by atoms with Crippen LogP contribution < -0.4 is 0 Å². The van der Waals surface area contributed by atoms with Crippen LogP contribution in [0.5, 0.6) is 0 Å². The molecule has 0 aliphatic heterocycles. The number of furan rings is 1. The molecule has 0 atom stereocenters. The zero-order valence-corrected chi connectivity index (χ0v) is 83.3. The predicted octanol–water partition coefficient (Wildman–Crippen LogP) is 34.8. The standard InChI is InChI=1S/C47H35N3O.C47H37N3.C41H33N3/c1-46(2)37-26-25-32-31-16-9-8-13-28(31)21-23-33(32)41(37)34-24-22-30(27-38(34)47(46,3)4)44-48-43(29-14-6-5-7-15-29)49-45(50-44)36-18-12-20-40-42(36)35-17-10-11-19-39(35)51-40;1-46(2)39-28-26-32-22-21-31-13-11-12-18-37(31)41(32)42(39)38-27-25-36(29-40(38)47(46,3)4)30-19-23-35(24-20-30)45-49-43(33-14-7-5-8-15-33)48-44(50-45)34-16-9-6-10-17-34;1-40(2)34-24-23-31-30-18-12-11-13-26(30)19-21-32(31)36(34)33-22-20-29(25-35(33)41(40,3)4)39-43-37(27-14-7-5-8-15-27)42-38(44-39)28-16-9-6-10-17-28/h5-27H,1-4H3;5-29H,1-4H3;5-25H,1-4H3. The van der Waals surface area contributed by atoms with Gasteiger partial charge in [0.15, 0.2) is 52.4 Å². The molecule has 0 unspecified atom stereocenters. The highest BCUT2D eigenvalue weighted by Crippen LogP contribution is 2.61. The monoisotopic (exact) mass is 1870 g/mol. The lowest BCUT2D eigenvalue weighted by molar-refractivity contribution is 0.299. The van der Waals surface area contributed by atoms with Crippen molar-refractivity contribution in [2.45, 2.75) is 116 Å². The predicted molar refractivity (Wildman–Crippen MR) is 601 cm³/mol. The molecular formula is C135H105N9O. The summed E-state index contributed by atoms with van der Waals surface area (Å²) in [5.74, 6) is 5.94. The molecule has 0 saturated heterocycles. The molecule has 4 aromatic heterocycles. The van der Waals surface area contributed by atoms with Gasteiger partial charge in [0.05, 0.1) is 0 Å². The zero-order valence-electron chi connectivity index (χ0n) is 83.3. The lowest BCUT2D eigenvalue weighted by Crippen LogP contribution is -2.43. The minimum Gasteiger partial charge on any atom is -0.456 e. The molecule has 3 aliphatic carbocycles. The Bertz CT molecular complexity index is 9240. The molecule has 4 heterocycles. The molecule has 0 radical (unpaired) electrons. The van der Waals surface area contributed by atoms with E-state index >= 15 is 0 Å². The van der Waals surface area contributed by atoms with Crippen LogP contribution >= 0.6 is 0 Å². The smallest absolute Gasteiger partial charge is 0.164 e. The molecule has 696 valence electrons. The van der Waals surface area contributed by atoms with Gasteiger partial charge in [-0.05, 0) is 205 Å².